The molecular formula is C23H31N7O9S2. The Balaban J connectivity index is 1.77. The van der Waals surface area contributed by atoms with Crippen molar-refractivity contribution < 1.29 is 41.5 Å². The van der Waals surface area contributed by atoms with E-state index in [-0.39, 0.29) is 29.8 Å². The van der Waals surface area contributed by atoms with E-state index in [1.807, 2.05) is 0 Å². The second-order valence-electron chi connectivity index (χ2n) is 9.29. The monoisotopic (exact) mass is 613 g/mol. The Morgan fingerprint density at radius 1 is 1.34 bits per heavy atom. The van der Waals surface area contributed by atoms with Crippen molar-refractivity contribution in [3.8, 4) is 5.75 Å². The number of anilines is 1. The maximum Gasteiger partial charge on any atom is 0.418 e. The molecule has 224 valence electrons. The van der Waals surface area contributed by atoms with Gasteiger partial charge in [0, 0.05) is 24.2 Å². The first-order valence-corrected chi connectivity index (χ1v) is 14.4. The highest BCUT2D eigenvalue weighted by molar-refractivity contribution is 7.80. The first-order valence-electron chi connectivity index (χ1n) is 12.1. The molecule has 1 saturated heterocycles. The Kier molecular flexibility index (Phi) is 10.3. The number of hydroxylamine groups is 2. The summed E-state index contributed by atoms with van der Waals surface area (Å²) < 4.78 is 41.2. The molecule has 0 spiro atoms. The molecule has 1 aliphatic heterocycles. The number of oxime groups is 1. The number of ether oxygens (including phenoxy) is 1. The molecule has 18 heteroatoms. The van der Waals surface area contributed by atoms with E-state index in [0.29, 0.717) is 29.5 Å². The highest BCUT2D eigenvalue weighted by atomic mass is 32.3. The summed E-state index contributed by atoms with van der Waals surface area (Å²) in [6.07, 6.45) is -0.502. The van der Waals surface area contributed by atoms with Gasteiger partial charge in [-0.2, -0.15) is 13.5 Å². The number of nitrogens with one attached hydrogen (secondary N) is 3. The molecule has 2 amide bonds. The van der Waals surface area contributed by atoms with E-state index >= 15 is 0 Å². The number of benzene rings is 1. The van der Waals surface area contributed by atoms with Gasteiger partial charge in [-0.3, -0.25) is 19.5 Å². The first-order chi connectivity index (χ1) is 19.2. The van der Waals surface area contributed by atoms with Gasteiger partial charge < -0.3 is 31.1 Å². The maximum atomic E-state index is 13.2. The number of β-lactam (4-membered cyclic amide) rings is 1. The van der Waals surface area contributed by atoms with Crippen LogP contribution in [-0.4, -0.2) is 88.9 Å². The van der Waals surface area contributed by atoms with Gasteiger partial charge in [0.05, 0.1) is 5.54 Å². The second-order valence-corrected chi connectivity index (χ2v) is 11.2. The van der Waals surface area contributed by atoms with Crippen LogP contribution >= 0.6 is 11.3 Å². The zero-order valence-corrected chi connectivity index (χ0v) is 24.0. The van der Waals surface area contributed by atoms with Gasteiger partial charge >= 0.3 is 10.4 Å². The molecule has 2 aromatic rings. The number of aromatic nitrogens is 1. The highest BCUT2D eigenvalue weighted by Gasteiger charge is 2.58. The average Bonchev–Trinajstić information content (AvgIpc) is 3.34. The lowest BCUT2D eigenvalue weighted by atomic mass is 9.84. The lowest BCUT2D eigenvalue weighted by molar-refractivity contribution is -0.218. The van der Waals surface area contributed by atoms with E-state index in [2.05, 4.69) is 25.1 Å². The van der Waals surface area contributed by atoms with Gasteiger partial charge in [0.2, 0.25) is 6.23 Å². The molecule has 2 heterocycles. The standard InChI is InChI=1S/C23H31N7O9S2/c1-13(24)14-5-7-15(8-6-14)37-11-17(26-9-4-10-31)38-29-18(16-12-40-22(25)27-16)20(32)28-19-21(33)30(23(19,2)3)39-41(34,35)36/h5-8,12,17,19,24,26,31H,4,9-11H2,1-3H3,(H2,25,27)(H,28,32)(H,34,35,36)/b24-13?,29-18-/t17?,19-/m1/s1. The van der Waals surface area contributed by atoms with Crippen molar-refractivity contribution in [1.82, 2.24) is 20.7 Å². The van der Waals surface area contributed by atoms with Gasteiger partial charge in [0.15, 0.2) is 10.8 Å². The SMILES string of the molecule is CC(=N)c1ccc(OCC(NCCCO)O/N=C(\C(=O)N[C@@H]2C(=O)N(OS(=O)(=O)O)C2(C)C)c2csc(N)n2)cc1. The first kappa shape index (κ1) is 31.8. The molecule has 0 aliphatic carbocycles. The molecule has 3 rings (SSSR count). The number of hydrogen-bond donors (Lipinski definition) is 6. The van der Waals surface area contributed by atoms with Crippen LogP contribution in [0.15, 0.2) is 34.8 Å². The zero-order valence-electron chi connectivity index (χ0n) is 22.4. The molecule has 41 heavy (non-hydrogen) atoms. The molecule has 16 nitrogen and oxygen atoms in total. The minimum absolute atomic E-state index is 0.0493. The van der Waals surface area contributed by atoms with Crippen LogP contribution in [0.25, 0.3) is 0 Å². The third-order valence-corrected chi connectivity index (χ3v) is 6.78. The van der Waals surface area contributed by atoms with Gasteiger partial charge in [-0.25, -0.2) is 4.98 Å². The molecule has 2 atom stereocenters. The van der Waals surface area contributed by atoms with E-state index < -0.39 is 40.0 Å². The third-order valence-electron chi connectivity index (χ3n) is 5.77. The lowest BCUT2D eigenvalue weighted by Gasteiger charge is -2.50. The van der Waals surface area contributed by atoms with E-state index in [9.17, 15) is 18.0 Å². The number of nitrogens with zero attached hydrogens (tertiary/aromatic N) is 3. The van der Waals surface area contributed by atoms with Gasteiger partial charge in [-0.05, 0) is 57.0 Å². The smallest absolute Gasteiger partial charge is 0.418 e. The number of nitrogens with two attached hydrogens (primary N) is 1. The highest BCUT2D eigenvalue weighted by Crippen LogP contribution is 2.33. The topological polar surface area (TPSA) is 239 Å². The normalized spacial score (nSPS) is 17.5. The number of nitrogen functional groups attached to an aromatic ring is 1. The Morgan fingerprint density at radius 3 is 2.56 bits per heavy atom. The van der Waals surface area contributed by atoms with Crippen molar-refractivity contribution in [1.29, 1.82) is 5.41 Å². The molecule has 0 saturated carbocycles. The molecule has 1 aliphatic rings. The van der Waals surface area contributed by atoms with Gasteiger partial charge in [-0.15, -0.1) is 15.6 Å². The Labute approximate surface area is 239 Å². The van der Waals surface area contributed by atoms with Crippen LogP contribution in [0, 0.1) is 5.41 Å². The number of carbonyl (C=O) groups is 2. The summed E-state index contributed by atoms with van der Waals surface area (Å²) in [6.45, 7) is 4.66. The largest absolute Gasteiger partial charge is 0.488 e. The summed E-state index contributed by atoms with van der Waals surface area (Å²) in [6, 6.07) is 5.58. The summed E-state index contributed by atoms with van der Waals surface area (Å²) in [4.78, 5) is 35.4. The van der Waals surface area contributed by atoms with Crippen LogP contribution in [0.5, 0.6) is 5.75 Å². The fourth-order valence-electron chi connectivity index (χ4n) is 3.58. The number of amides is 2. The Bertz CT molecular complexity index is 1390. The number of aliphatic hydroxyl groups excluding tert-OH is 1. The zero-order chi connectivity index (χ0) is 30.4. The summed E-state index contributed by atoms with van der Waals surface area (Å²) in [5, 5.41) is 28.3. The predicted octanol–water partition coefficient (Wildman–Crippen LogP) is 0.0509. The van der Waals surface area contributed by atoms with E-state index in [4.69, 9.17) is 30.4 Å². The van der Waals surface area contributed by atoms with E-state index in [1.165, 1.54) is 19.2 Å². The maximum absolute atomic E-state index is 13.2. The fraction of sp³-hybridized carbons (Fsp3) is 0.435. The third kappa shape index (κ3) is 8.41. The van der Waals surface area contributed by atoms with Crippen molar-refractivity contribution in [2.24, 2.45) is 5.16 Å². The summed E-state index contributed by atoms with van der Waals surface area (Å²) in [5.74, 6) is -1.33. The molecule has 7 N–H and O–H groups in total. The minimum atomic E-state index is -4.97. The van der Waals surface area contributed by atoms with Crippen LogP contribution in [0.3, 0.4) is 0 Å². The number of thiazole rings is 1. The molecule has 1 aromatic carbocycles. The molecule has 1 aromatic heterocycles. The summed E-state index contributed by atoms with van der Waals surface area (Å²) in [7, 11) is -4.97. The van der Waals surface area contributed by atoms with Crippen LogP contribution in [-0.2, 0) is 29.1 Å². The second kappa shape index (κ2) is 13.3. The average molecular weight is 614 g/mol. The number of aliphatic hydroxyl groups is 1. The van der Waals surface area contributed by atoms with Crippen LogP contribution in [0.2, 0.25) is 0 Å². The van der Waals surface area contributed by atoms with Crippen LogP contribution in [0.4, 0.5) is 5.13 Å². The molecular weight excluding hydrogens is 582 g/mol. The molecule has 1 unspecified atom stereocenters. The van der Waals surface area contributed by atoms with Crippen molar-refractivity contribution >= 4 is 50.1 Å². The summed E-state index contributed by atoms with van der Waals surface area (Å²) in [5.41, 5.74) is 5.21. The quantitative estimate of drug-likeness (QED) is 0.0390. The van der Waals surface area contributed by atoms with Gasteiger partial charge in [-0.1, -0.05) is 5.16 Å². The van der Waals surface area contributed by atoms with Crippen molar-refractivity contribution in [2.75, 3.05) is 25.5 Å². The van der Waals surface area contributed by atoms with Crippen LogP contribution in [0.1, 0.15) is 38.4 Å². The van der Waals surface area contributed by atoms with Crippen molar-refractivity contribution in [3.63, 3.8) is 0 Å². The van der Waals surface area contributed by atoms with Crippen molar-refractivity contribution in [3.05, 3.63) is 40.9 Å². The van der Waals surface area contributed by atoms with Crippen molar-refractivity contribution in [2.45, 2.75) is 45.0 Å². The molecule has 1 fully saturated rings. The Hall–Kier alpha value is -3.68. The van der Waals surface area contributed by atoms with E-state index in [0.717, 1.165) is 16.9 Å². The summed E-state index contributed by atoms with van der Waals surface area (Å²) >= 11 is 1.04. The predicted molar refractivity (Wildman–Crippen MR) is 148 cm³/mol. The van der Waals surface area contributed by atoms with Crippen LogP contribution < -0.4 is 21.1 Å². The number of hydrogen-bond acceptors (Lipinski definition) is 14. The lowest BCUT2D eigenvalue weighted by Crippen LogP contribution is -2.76. The number of rotatable bonds is 15. The van der Waals surface area contributed by atoms with Gasteiger partial charge in [0.25, 0.3) is 11.8 Å². The van der Waals surface area contributed by atoms with E-state index in [1.54, 1.807) is 31.2 Å². The fourth-order valence-corrected chi connectivity index (χ4v) is 4.58. The number of carbonyl (C=O) groups excluding carboxylic acids is 2. The minimum Gasteiger partial charge on any atom is -0.488 e. The molecule has 0 radical (unpaired) electrons. The Morgan fingerprint density at radius 2 is 2.02 bits per heavy atom. The van der Waals surface area contributed by atoms with Gasteiger partial charge in [0.1, 0.15) is 24.1 Å². The molecule has 0 bridgehead atoms.